The summed E-state index contributed by atoms with van der Waals surface area (Å²) in [4.78, 5) is 21.2. The minimum Gasteiger partial charge on any atom is -0.383 e. The standard InChI is InChI=1S/C19H21ClN6O/c1-10(2)26-13(7-12-5-4-6-14(20)16(12)19(26)27)8-23-18-15(11(3)21)17(22)24-9-25-18/h4-7,9-10,21H,8H2,1-3H3,(H3,22,23,24,25). The largest absolute Gasteiger partial charge is 0.383 e. The van der Waals surface area contributed by atoms with Gasteiger partial charge in [0.05, 0.1) is 22.5 Å². The minimum atomic E-state index is -0.129. The Bertz CT molecular complexity index is 1090. The number of aromatic nitrogens is 3. The first-order valence-corrected chi connectivity index (χ1v) is 8.91. The third-order valence-electron chi connectivity index (χ3n) is 4.31. The maximum absolute atomic E-state index is 13.0. The molecule has 0 atom stereocenters. The summed E-state index contributed by atoms with van der Waals surface area (Å²) in [6.07, 6.45) is 1.35. The summed E-state index contributed by atoms with van der Waals surface area (Å²) in [5.74, 6) is 0.704. The molecule has 0 spiro atoms. The lowest BCUT2D eigenvalue weighted by molar-refractivity contribution is 0.558. The van der Waals surface area contributed by atoms with Crippen molar-refractivity contribution in [1.82, 2.24) is 14.5 Å². The van der Waals surface area contributed by atoms with E-state index in [-0.39, 0.29) is 23.1 Å². The van der Waals surface area contributed by atoms with Gasteiger partial charge in [0.1, 0.15) is 18.0 Å². The lowest BCUT2D eigenvalue weighted by Crippen LogP contribution is -2.27. The first-order chi connectivity index (χ1) is 12.8. The van der Waals surface area contributed by atoms with Crippen LogP contribution >= 0.6 is 11.6 Å². The SMILES string of the molecule is CC(=N)c1c(N)ncnc1NCc1cc2cccc(Cl)c2c(=O)n1C(C)C. The number of nitrogens with two attached hydrogens (primary N) is 1. The Balaban J connectivity index is 2.09. The maximum atomic E-state index is 13.0. The van der Waals surface area contributed by atoms with Crippen LogP contribution in [-0.2, 0) is 6.54 Å². The molecule has 0 fully saturated rings. The molecule has 0 aliphatic heterocycles. The zero-order chi connectivity index (χ0) is 19.7. The molecule has 0 saturated heterocycles. The minimum absolute atomic E-state index is 0.0469. The van der Waals surface area contributed by atoms with E-state index in [0.717, 1.165) is 11.1 Å². The van der Waals surface area contributed by atoms with E-state index in [1.54, 1.807) is 17.6 Å². The number of fused-ring (bicyclic) bond motifs is 1. The van der Waals surface area contributed by atoms with Gasteiger partial charge in [-0.2, -0.15) is 0 Å². The van der Waals surface area contributed by atoms with Gasteiger partial charge in [-0.1, -0.05) is 23.7 Å². The second-order valence-electron chi connectivity index (χ2n) is 6.57. The van der Waals surface area contributed by atoms with Gasteiger partial charge in [-0.3, -0.25) is 4.79 Å². The number of anilines is 2. The molecule has 2 aromatic heterocycles. The number of nitrogens with one attached hydrogen (secondary N) is 2. The second-order valence-corrected chi connectivity index (χ2v) is 6.98. The molecule has 0 unspecified atom stereocenters. The van der Waals surface area contributed by atoms with Crippen LogP contribution in [0.3, 0.4) is 0 Å². The van der Waals surface area contributed by atoms with Gasteiger partial charge in [-0.15, -0.1) is 0 Å². The van der Waals surface area contributed by atoms with Crippen molar-refractivity contribution in [3.05, 3.63) is 57.2 Å². The first-order valence-electron chi connectivity index (χ1n) is 8.53. The number of rotatable bonds is 5. The van der Waals surface area contributed by atoms with Gasteiger partial charge in [-0.25, -0.2) is 9.97 Å². The quantitative estimate of drug-likeness (QED) is 0.582. The van der Waals surface area contributed by atoms with Crippen molar-refractivity contribution in [2.75, 3.05) is 11.1 Å². The highest BCUT2D eigenvalue weighted by Gasteiger charge is 2.16. The van der Waals surface area contributed by atoms with Crippen molar-refractivity contribution in [1.29, 1.82) is 5.41 Å². The summed E-state index contributed by atoms with van der Waals surface area (Å²) in [6.45, 7) is 5.86. The van der Waals surface area contributed by atoms with Gasteiger partial charge in [0.15, 0.2) is 0 Å². The van der Waals surface area contributed by atoms with Gasteiger partial charge >= 0.3 is 0 Å². The Morgan fingerprint density at radius 2 is 2.11 bits per heavy atom. The monoisotopic (exact) mass is 384 g/mol. The lowest BCUT2D eigenvalue weighted by atomic mass is 10.1. The normalized spacial score (nSPS) is 11.1. The van der Waals surface area contributed by atoms with E-state index in [4.69, 9.17) is 22.7 Å². The van der Waals surface area contributed by atoms with Crippen molar-refractivity contribution in [3.8, 4) is 0 Å². The molecule has 27 heavy (non-hydrogen) atoms. The van der Waals surface area contributed by atoms with Gasteiger partial charge in [0.2, 0.25) is 0 Å². The van der Waals surface area contributed by atoms with Crippen LogP contribution < -0.4 is 16.6 Å². The molecule has 140 valence electrons. The molecule has 8 heteroatoms. The topological polar surface area (TPSA) is 110 Å². The van der Waals surface area contributed by atoms with Crippen molar-refractivity contribution in [2.24, 2.45) is 0 Å². The van der Waals surface area contributed by atoms with E-state index in [1.807, 2.05) is 32.0 Å². The van der Waals surface area contributed by atoms with Crippen LogP contribution in [0.1, 0.15) is 38.1 Å². The molecule has 0 bridgehead atoms. The summed E-state index contributed by atoms with van der Waals surface area (Å²) in [6, 6.07) is 7.30. The molecule has 0 radical (unpaired) electrons. The predicted octanol–water partition coefficient (Wildman–Crippen LogP) is 3.61. The molecule has 0 aliphatic rings. The molecule has 1 aromatic carbocycles. The Labute approximate surface area is 161 Å². The summed E-state index contributed by atoms with van der Waals surface area (Å²) in [7, 11) is 0. The highest BCUT2D eigenvalue weighted by Crippen LogP contribution is 2.24. The van der Waals surface area contributed by atoms with E-state index >= 15 is 0 Å². The van der Waals surface area contributed by atoms with Crippen LogP contribution in [-0.4, -0.2) is 20.2 Å². The molecule has 4 N–H and O–H groups in total. The van der Waals surface area contributed by atoms with Gasteiger partial charge < -0.3 is 21.0 Å². The Kier molecular flexibility index (Phi) is 5.14. The number of benzene rings is 1. The fourth-order valence-corrected chi connectivity index (χ4v) is 3.43. The van der Waals surface area contributed by atoms with Gasteiger partial charge in [-0.05, 0) is 38.3 Å². The van der Waals surface area contributed by atoms with Gasteiger partial charge in [0, 0.05) is 17.4 Å². The second kappa shape index (κ2) is 7.36. The maximum Gasteiger partial charge on any atom is 0.260 e. The molecular formula is C19H21ClN6O. The summed E-state index contributed by atoms with van der Waals surface area (Å²) >= 11 is 6.25. The van der Waals surface area contributed by atoms with Crippen molar-refractivity contribution < 1.29 is 0 Å². The van der Waals surface area contributed by atoms with Crippen LogP contribution in [0.4, 0.5) is 11.6 Å². The van der Waals surface area contributed by atoms with Crippen molar-refractivity contribution in [3.63, 3.8) is 0 Å². The Morgan fingerprint density at radius 1 is 1.37 bits per heavy atom. The fourth-order valence-electron chi connectivity index (χ4n) is 3.17. The molecule has 0 saturated carbocycles. The average Bonchev–Trinajstić information content (AvgIpc) is 2.59. The van der Waals surface area contributed by atoms with E-state index in [2.05, 4.69) is 15.3 Å². The van der Waals surface area contributed by atoms with Crippen LogP contribution in [0.25, 0.3) is 10.8 Å². The van der Waals surface area contributed by atoms with E-state index in [0.29, 0.717) is 28.3 Å². The molecular weight excluding hydrogens is 364 g/mol. The molecule has 3 aromatic rings. The third-order valence-corrected chi connectivity index (χ3v) is 4.63. The first kappa shape index (κ1) is 18.8. The Morgan fingerprint density at radius 3 is 2.78 bits per heavy atom. The molecule has 3 rings (SSSR count). The third kappa shape index (κ3) is 3.50. The molecule has 0 aliphatic carbocycles. The number of halogens is 1. The summed E-state index contributed by atoms with van der Waals surface area (Å²) in [5.41, 5.74) is 7.27. The number of nitrogens with zero attached hydrogens (tertiary/aromatic N) is 3. The van der Waals surface area contributed by atoms with Crippen LogP contribution in [0.2, 0.25) is 5.02 Å². The average molecular weight is 385 g/mol. The van der Waals surface area contributed by atoms with Crippen LogP contribution in [0.5, 0.6) is 0 Å². The fraction of sp³-hybridized carbons (Fsp3) is 0.263. The van der Waals surface area contributed by atoms with E-state index in [9.17, 15) is 4.79 Å². The van der Waals surface area contributed by atoms with Crippen molar-refractivity contribution in [2.45, 2.75) is 33.4 Å². The molecule has 2 heterocycles. The predicted molar refractivity (Wildman–Crippen MR) is 110 cm³/mol. The smallest absolute Gasteiger partial charge is 0.260 e. The van der Waals surface area contributed by atoms with E-state index < -0.39 is 0 Å². The summed E-state index contributed by atoms with van der Waals surface area (Å²) < 4.78 is 1.71. The highest BCUT2D eigenvalue weighted by atomic mass is 35.5. The molecule has 7 nitrogen and oxygen atoms in total. The number of pyridine rings is 1. The zero-order valence-electron chi connectivity index (χ0n) is 15.4. The van der Waals surface area contributed by atoms with E-state index in [1.165, 1.54) is 6.33 Å². The summed E-state index contributed by atoms with van der Waals surface area (Å²) in [5, 5.41) is 12.8. The Hall–Kier alpha value is -2.93. The zero-order valence-corrected chi connectivity index (χ0v) is 16.1. The number of hydrogen-bond donors (Lipinski definition) is 3. The highest BCUT2D eigenvalue weighted by molar-refractivity contribution is 6.35. The van der Waals surface area contributed by atoms with Crippen LogP contribution in [0, 0.1) is 5.41 Å². The number of nitrogen functional groups attached to an aromatic ring is 1. The lowest BCUT2D eigenvalue weighted by Gasteiger charge is -2.19. The van der Waals surface area contributed by atoms with Crippen molar-refractivity contribution >= 4 is 39.7 Å². The van der Waals surface area contributed by atoms with Crippen LogP contribution in [0.15, 0.2) is 35.4 Å². The van der Waals surface area contributed by atoms with Gasteiger partial charge in [0.25, 0.3) is 5.56 Å². The number of hydrogen-bond acceptors (Lipinski definition) is 6. The molecule has 0 amide bonds.